The van der Waals surface area contributed by atoms with Gasteiger partial charge < -0.3 is 10.1 Å². The summed E-state index contributed by atoms with van der Waals surface area (Å²) >= 11 is 0. The van der Waals surface area contributed by atoms with Gasteiger partial charge in [0.05, 0.1) is 7.11 Å². The largest absolute Gasteiger partial charge is 0.469 e. The Hall–Kier alpha value is -1.39. The molecule has 0 fully saturated rings. The minimum absolute atomic E-state index is 0.139. The van der Waals surface area contributed by atoms with Crippen LogP contribution in [-0.2, 0) is 9.53 Å². The van der Waals surface area contributed by atoms with Crippen LogP contribution >= 0.6 is 0 Å². The molecule has 0 heterocycles. The molecule has 0 saturated heterocycles. The van der Waals surface area contributed by atoms with Crippen molar-refractivity contribution in [3.63, 3.8) is 0 Å². The minimum Gasteiger partial charge on any atom is -0.469 e. The second-order valence-electron chi connectivity index (χ2n) is 5.03. The second-order valence-corrected chi connectivity index (χ2v) is 5.03. The van der Waals surface area contributed by atoms with Gasteiger partial charge in [-0.15, -0.1) is 0 Å². The second kappa shape index (κ2) is 10.4. The van der Waals surface area contributed by atoms with Gasteiger partial charge in [-0.25, -0.2) is 0 Å². The van der Waals surface area contributed by atoms with Crippen LogP contribution in [0.2, 0.25) is 0 Å². The molecule has 0 bridgehead atoms. The molecular formula is C17H28N2O2. The summed E-state index contributed by atoms with van der Waals surface area (Å²) in [6.07, 6.45) is 1.29. The standard InChI is InChI=1S/C17H28N2O2/c1-4-19(5-2)16(15-10-7-6-8-11-15)14-18-13-9-12-17(20)21-3/h6-8,10-11,16,18H,4-5,9,12-14H2,1-3H3. The fourth-order valence-electron chi connectivity index (χ4n) is 2.50. The third-order valence-electron chi connectivity index (χ3n) is 3.74. The summed E-state index contributed by atoms with van der Waals surface area (Å²) in [5, 5.41) is 3.46. The Kier molecular flexibility index (Phi) is 8.71. The topological polar surface area (TPSA) is 41.6 Å². The lowest BCUT2D eigenvalue weighted by Crippen LogP contribution is -2.36. The summed E-state index contributed by atoms with van der Waals surface area (Å²) in [4.78, 5) is 13.5. The average molecular weight is 292 g/mol. The number of rotatable bonds is 10. The molecule has 0 spiro atoms. The van der Waals surface area contributed by atoms with Gasteiger partial charge >= 0.3 is 5.97 Å². The van der Waals surface area contributed by atoms with Gasteiger partial charge in [-0.2, -0.15) is 0 Å². The first kappa shape index (κ1) is 17.7. The van der Waals surface area contributed by atoms with Crippen molar-refractivity contribution < 1.29 is 9.53 Å². The summed E-state index contributed by atoms with van der Waals surface area (Å²) in [6, 6.07) is 11.0. The molecular weight excluding hydrogens is 264 g/mol. The average Bonchev–Trinajstić information content (AvgIpc) is 2.54. The van der Waals surface area contributed by atoms with E-state index in [0.29, 0.717) is 12.5 Å². The summed E-state index contributed by atoms with van der Waals surface area (Å²) < 4.78 is 4.65. The maximum absolute atomic E-state index is 11.1. The van der Waals surface area contributed by atoms with E-state index in [1.54, 1.807) is 0 Å². The number of ether oxygens (including phenoxy) is 1. The fourth-order valence-corrected chi connectivity index (χ4v) is 2.50. The Morgan fingerprint density at radius 1 is 1.24 bits per heavy atom. The molecule has 0 aliphatic heterocycles. The summed E-state index contributed by atoms with van der Waals surface area (Å²) in [5.74, 6) is -0.139. The van der Waals surface area contributed by atoms with Gasteiger partial charge in [0.15, 0.2) is 0 Å². The van der Waals surface area contributed by atoms with Crippen LogP contribution in [0, 0.1) is 0 Å². The molecule has 0 radical (unpaired) electrons. The molecule has 1 N–H and O–H groups in total. The summed E-state index contributed by atoms with van der Waals surface area (Å²) in [7, 11) is 1.43. The van der Waals surface area contributed by atoms with Gasteiger partial charge in [-0.05, 0) is 31.6 Å². The highest BCUT2D eigenvalue weighted by atomic mass is 16.5. The van der Waals surface area contributed by atoms with Crippen molar-refractivity contribution in [3.8, 4) is 0 Å². The van der Waals surface area contributed by atoms with Crippen molar-refractivity contribution in [2.75, 3.05) is 33.3 Å². The van der Waals surface area contributed by atoms with Crippen LogP contribution in [0.1, 0.15) is 38.3 Å². The molecule has 1 rings (SSSR count). The highest BCUT2D eigenvalue weighted by Gasteiger charge is 2.16. The molecule has 0 aliphatic carbocycles. The van der Waals surface area contributed by atoms with Gasteiger partial charge in [-0.1, -0.05) is 44.2 Å². The first-order chi connectivity index (χ1) is 10.2. The SMILES string of the molecule is CCN(CC)C(CNCCCC(=O)OC)c1ccccc1. The Bertz CT molecular complexity index is 391. The van der Waals surface area contributed by atoms with Gasteiger partial charge in [0.2, 0.25) is 0 Å². The third kappa shape index (κ3) is 6.27. The molecule has 118 valence electrons. The summed E-state index contributed by atoms with van der Waals surface area (Å²) in [5.41, 5.74) is 1.33. The first-order valence-electron chi connectivity index (χ1n) is 7.79. The zero-order valence-corrected chi connectivity index (χ0v) is 13.5. The Labute approximate surface area is 128 Å². The molecule has 0 aromatic heterocycles. The van der Waals surface area contributed by atoms with E-state index in [1.165, 1.54) is 12.7 Å². The maximum Gasteiger partial charge on any atom is 0.305 e. The highest BCUT2D eigenvalue weighted by Crippen LogP contribution is 2.19. The lowest BCUT2D eigenvalue weighted by molar-refractivity contribution is -0.140. The predicted molar refractivity (Wildman–Crippen MR) is 86.2 cm³/mol. The number of methoxy groups -OCH3 is 1. The lowest BCUT2D eigenvalue weighted by Gasteiger charge is -2.30. The van der Waals surface area contributed by atoms with Crippen molar-refractivity contribution in [1.82, 2.24) is 10.2 Å². The molecule has 0 saturated carbocycles. The number of nitrogens with one attached hydrogen (secondary N) is 1. The van der Waals surface area contributed by atoms with Crippen LogP contribution in [0.25, 0.3) is 0 Å². The molecule has 1 aromatic carbocycles. The van der Waals surface area contributed by atoms with E-state index in [1.807, 2.05) is 6.07 Å². The number of esters is 1. The lowest BCUT2D eigenvalue weighted by atomic mass is 10.1. The van der Waals surface area contributed by atoms with Crippen LogP contribution < -0.4 is 5.32 Å². The van der Waals surface area contributed by atoms with Crippen molar-refractivity contribution >= 4 is 5.97 Å². The number of benzene rings is 1. The Morgan fingerprint density at radius 2 is 1.90 bits per heavy atom. The van der Waals surface area contributed by atoms with Crippen LogP contribution in [0.5, 0.6) is 0 Å². The van der Waals surface area contributed by atoms with E-state index in [-0.39, 0.29) is 5.97 Å². The molecule has 21 heavy (non-hydrogen) atoms. The van der Waals surface area contributed by atoms with Gasteiger partial charge in [0, 0.05) is 19.0 Å². The zero-order valence-electron chi connectivity index (χ0n) is 13.5. The van der Waals surface area contributed by atoms with Gasteiger partial charge in [0.1, 0.15) is 0 Å². The first-order valence-corrected chi connectivity index (χ1v) is 7.79. The quantitative estimate of drug-likeness (QED) is 0.532. The van der Waals surface area contributed by atoms with Crippen molar-refractivity contribution in [2.24, 2.45) is 0 Å². The van der Waals surface area contributed by atoms with E-state index < -0.39 is 0 Å². The van der Waals surface area contributed by atoms with E-state index in [9.17, 15) is 4.79 Å². The summed E-state index contributed by atoms with van der Waals surface area (Å²) in [6.45, 7) is 8.17. The van der Waals surface area contributed by atoms with Crippen molar-refractivity contribution in [2.45, 2.75) is 32.7 Å². The van der Waals surface area contributed by atoms with E-state index in [4.69, 9.17) is 0 Å². The number of carbonyl (C=O) groups is 1. The molecule has 1 atom stereocenters. The van der Waals surface area contributed by atoms with Crippen LogP contribution in [0.3, 0.4) is 0 Å². The van der Waals surface area contributed by atoms with Gasteiger partial charge in [-0.3, -0.25) is 9.69 Å². The smallest absolute Gasteiger partial charge is 0.305 e. The van der Waals surface area contributed by atoms with Gasteiger partial charge in [0.25, 0.3) is 0 Å². The zero-order chi connectivity index (χ0) is 15.5. The van der Waals surface area contributed by atoms with Crippen LogP contribution in [0.4, 0.5) is 0 Å². The molecule has 0 amide bonds. The maximum atomic E-state index is 11.1. The number of carbonyl (C=O) groups excluding carboxylic acids is 1. The number of hydrogen-bond donors (Lipinski definition) is 1. The Morgan fingerprint density at radius 3 is 2.48 bits per heavy atom. The number of likely N-dealkylation sites (N-methyl/N-ethyl adjacent to an activating group) is 1. The monoisotopic (exact) mass is 292 g/mol. The fraction of sp³-hybridized carbons (Fsp3) is 0.588. The van der Waals surface area contributed by atoms with E-state index in [2.05, 4.69) is 53.1 Å². The van der Waals surface area contributed by atoms with E-state index >= 15 is 0 Å². The number of hydrogen-bond acceptors (Lipinski definition) is 4. The van der Waals surface area contributed by atoms with Crippen LogP contribution in [-0.4, -0.2) is 44.2 Å². The minimum atomic E-state index is -0.139. The molecule has 0 aliphatic rings. The van der Waals surface area contributed by atoms with E-state index in [0.717, 1.165) is 32.6 Å². The molecule has 4 nitrogen and oxygen atoms in total. The molecule has 4 heteroatoms. The number of nitrogens with zero attached hydrogens (tertiary/aromatic N) is 1. The normalized spacial score (nSPS) is 12.4. The predicted octanol–water partition coefficient (Wildman–Crippen LogP) is 2.61. The van der Waals surface area contributed by atoms with Crippen molar-refractivity contribution in [1.29, 1.82) is 0 Å². The van der Waals surface area contributed by atoms with Crippen molar-refractivity contribution in [3.05, 3.63) is 35.9 Å². The molecule has 1 unspecified atom stereocenters. The molecule has 1 aromatic rings. The third-order valence-corrected chi connectivity index (χ3v) is 3.74. The Balaban J connectivity index is 2.49. The highest BCUT2D eigenvalue weighted by molar-refractivity contribution is 5.69. The van der Waals surface area contributed by atoms with Crippen LogP contribution in [0.15, 0.2) is 30.3 Å².